The summed E-state index contributed by atoms with van der Waals surface area (Å²) in [5.74, 6) is 0.293. The molecular weight excluding hydrogens is 245 g/mol. The number of aryl methyl sites for hydroxylation is 1. The highest BCUT2D eigenvalue weighted by atomic mass is 19.1. The SMILES string of the molecule is O=C(CCc1ccc(F)cc1)NC(CCO)C1CC1. The summed E-state index contributed by atoms with van der Waals surface area (Å²) in [4.78, 5) is 11.8. The van der Waals surface area contributed by atoms with E-state index in [0.29, 0.717) is 25.2 Å². The molecule has 1 amide bonds. The minimum Gasteiger partial charge on any atom is -0.396 e. The molecule has 19 heavy (non-hydrogen) atoms. The molecule has 104 valence electrons. The second-order valence-corrected chi connectivity index (χ2v) is 5.15. The van der Waals surface area contributed by atoms with Gasteiger partial charge >= 0.3 is 0 Å². The lowest BCUT2D eigenvalue weighted by molar-refractivity contribution is -0.122. The number of hydrogen-bond donors (Lipinski definition) is 2. The minimum atomic E-state index is -0.259. The maximum atomic E-state index is 12.7. The number of carbonyl (C=O) groups is 1. The molecule has 0 radical (unpaired) electrons. The molecule has 1 unspecified atom stereocenters. The largest absolute Gasteiger partial charge is 0.396 e. The summed E-state index contributed by atoms with van der Waals surface area (Å²) >= 11 is 0. The topological polar surface area (TPSA) is 49.3 Å². The summed E-state index contributed by atoms with van der Waals surface area (Å²) < 4.78 is 12.7. The fourth-order valence-corrected chi connectivity index (χ4v) is 2.25. The molecule has 4 heteroatoms. The van der Waals surface area contributed by atoms with Crippen LogP contribution in [0.1, 0.15) is 31.2 Å². The predicted molar refractivity (Wildman–Crippen MR) is 71.1 cm³/mol. The van der Waals surface area contributed by atoms with Gasteiger partial charge in [-0.2, -0.15) is 0 Å². The summed E-state index contributed by atoms with van der Waals surface area (Å²) in [6, 6.07) is 6.34. The van der Waals surface area contributed by atoms with Crippen LogP contribution in [-0.4, -0.2) is 23.7 Å². The molecule has 1 fully saturated rings. The van der Waals surface area contributed by atoms with E-state index in [9.17, 15) is 9.18 Å². The van der Waals surface area contributed by atoms with Crippen molar-refractivity contribution >= 4 is 5.91 Å². The van der Waals surface area contributed by atoms with Gasteiger partial charge in [-0.3, -0.25) is 4.79 Å². The lowest BCUT2D eigenvalue weighted by atomic mass is 10.1. The quantitative estimate of drug-likeness (QED) is 0.792. The molecule has 0 aliphatic heterocycles. The first kappa shape index (κ1) is 14.0. The number of halogens is 1. The third kappa shape index (κ3) is 4.63. The van der Waals surface area contributed by atoms with Crippen LogP contribution in [0.3, 0.4) is 0 Å². The van der Waals surface area contributed by atoms with Crippen molar-refractivity contribution in [2.45, 2.75) is 38.1 Å². The number of carbonyl (C=O) groups excluding carboxylic acids is 1. The van der Waals surface area contributed by atoms with E-state index in [2.05, 4.69) is 5.32 Å². The van der Waals surface area contributed by atoms with Gasteiger partial charge in [-0.25, -0.2) is 4.39 Å². The smallest absolute Gasteiger partial charge is 0.220 e. The summed E-state index contributed by atoms with van der Waals surface area (Å²) in [6.45, 7) is 0.111. The maximum Gasteiger partial charge on any atom is 0.220 e. The van der Waals surface area contributed by atoms with Crippen LogP contribution < -0.4 is 5.32 Å². The van der Waals surface area contributed by atoms with Crippen molar-refractivity contribution in [3.8, 4) is 0 Å². The van der Waals surface area contributed by atoms with E-state index in [0.717, 1.165) is 18.4 Å². The van der Waals surface area contributed by atoms with E-state index in [1.54, 1.807) is 12.1 Å². The molecule has 1 aromatic rings. The maximum absolute atomic E-state index is 12.7. The molecule has 2 rings (SSSR count). The van der Waals surface area contributed by atoms with Crippen LogP contribution in [0.5, 0.6) is 0 Å². The molecule has 0 aromatic heterocycles. The Morgan fingerprint density at radius 1 is 1.37 bits per heavy atom. The van der Waals surface area contributed by atoms with E-state index in [-0.39, 0.29) is 24.4 Å². The van der Waals surface area contributed by atoms with E-state index in [1.165, 1.54) is 12.1 Å². The van der Waals surface area contributed by atoms with Crippen molar-refractivity contribution in [3.63, 3.8) is 0 Å². The zero-order valence-electron chi connectivity index (χ0n) is 10.9. The molecule has 1 aromatic carbocycles. The van der Waals surface area contributed by atoms with Gasteiger partial charge in [0.25, 0.3) is 0 Å². The van der Waals surface area contributed by atoms with Crippen molar-refractivity contribution < 1.29 is 14.3 Å². The molecule has 2 N–H and O–H groups in total. The monoisotopic (exact) mass is 265 g/mol. The summed E-state index contributed by atoms with van der Waals surface area (Å²) in [5.41, 5.74) is 0.960. The Labute approximate surface area is 112 Å². The normalized spacial score (nSPS) is 16.1. The highest BCUT2D eigenvalue weighted by Gasteiger charge is 2.31. The molecule has 3 nitrogen and oxygen atoms in total. The van der Waals surface area contributed by atoms with Crippen molar-refractivity contribution in [2.24, 2.45) is 5.92 Å². The van der Waals surface area contributed by atoms with Gasteiger partial charge in [0.05, 0.1) is 0 Å². The second-order valence-electron chi connectivity index (χ2n) is 5.15. The molecular formula is C15H20FNO2. The molecule has 1 aliphatic carbocycles. The fourth-order valence-electron chi connectivity index (χ4n) is 2.25. The van der Waals surface area contributed by atoms with E-state index >= 15 is 0 Å². The van der Waals surface area contributed by atoms with Gasteiger partial charge in [0.2, 0.25) is 5.91 Å². The van der Waals surface area contributed by atoms with Crippen molar-refractivity contribution in [1.29, 1.82) is 0 Å². The fraction of sp³-hybridized carbons (Fsp3) is 0.533. The number of amides is 1. The minimum absolute atomic E-state index is 0.00896. The van der Waals surface area contributed by atoms with Gasteiger partial charge in [-0.1, -0.05) is 12.1 Å². The Hall–Kier alpha value is -1.42. The molecule has 0 heterocycles. The van der Waals surface area contributed by atoms with Crippen molar-refractivity contribution in [2.75, 3.05) is 6.61 Å². The van der Waals surface area contributed by atoms with Crippen LogP contribution in [0.2, 0.25) is 0 Å². The Morgan fingerprint density at radius 2 is 2.05 bits per heavy atom. The van der Waals surface area contributed by atoms with Gasteiger partial charge in [0.15, 0.2) is 0 Å². The molecule has 0 saturated heterocycles. The number of benzene rings is 1. The van der Waals surface area contributed by atoms with Gasteiger partial charge in [0.1, 0.15) is 5.82 Å². The predicted octanol–water partition coefficient (Wildman–Crippen LogP) is 2.04. The molecule has 1 aliphatic rings. The van der Waals surface area contributed by atoms with Gasteiger partial charge in [-0.05, 0) is 49.3 Å². The third-order valence-corrected chi connectivity index (χ3v) is 3.53. The lowest BCUT2D eigenvalue weighted by Crippen LogP contribution is -2.37. The standard InChI is InChI=1S/C15H20FNO2/c16-13-6-1-11(2-7-13)3-8-15(19)17-14(9-10-18)12-4-5-12/h1-2,6-7,12,14,18H,3-5,8-10H2,(H,17,19). The zero-order valence-corrected chi connectivity index (χ0v) is 10.9. The van der Waals surface area contributed by atoms with Crippen LogP contribution in [-0.2, 0) is 11.2 Å². The second kappa shape index (κ2) is 6.66. The average Bonchev–Trinajstić information content (AvgIpc) is 3.22. The first-order valence-electron chi connectivity index (χ1n) is 6.83. The number of rotatable bonds is 7. The van der Waals surface area contributed by atoms with Crippen LogP contribution in [0.4, 0.5) is 4.39 Å². The summed E-state index contributed by atoms with van der Waals surface area (Å²) in [6.07, 6.45) is 3.93. The lowest BCUT2D eigenvalue weighted by Gasteiger charge is -2.17. The Kier molecular flexibility index (Phi) is 4.91. The average molecular weight is 265 g/mol. The first-order chi connectivity index (χ1) is 9.19. The van der Waals surface area contributed by atoms with E-state index < -0.39 is 0 Å². The number of hydrogen-bond acceptors (Lipinski definition) is 2. The van der Waals surface area contributed by atoms with E-state index in [1.807, 2.05) is 0 Å². The van der Waals surface area contributed by atoms with Crippen LogP contribution >= 0.6 is 0 Å². The highest BCUT2D eigenvalue weighted by molar-refractivity contribution is 5.76. The number of nitrogens with one attached hydrogen (secondary N) is 1. The number of aliphatic hydroxyl groups excluding tert-OH is 1. The zero-order chi connectivity index (χ0) is 13.7. The third-order valence-electron chi connectivity index (χ3n) is 3.53. The molecule has 0 spiro atoms. The molecule has 1 atom stereocenters. The molecule has 0 bridgehead atoms. The van der Waals surface area contributed by atoms with Gasteiger partial charge < -0.3 is 10.4 Å². The van der Waals surface area contributed by atoms with Crippen LogP contribution in [0.15, 0.2) is 24.3 Å². The molecule has 1 saturated carbocycles. The van der Waals surface area contributed by atoms with E-state index in [4.69, 9.17) is 5.11 Å². The Balaban J connectivity index is 1.75. The van der Waals surface area contributed by atoms with Crippen molar-refractivity contribution in [1.82, 2.24) is 5.32 Å². The van der Waals surface area contributed by atoms with Crippen LogP contribution in [0, 0.1) is 11.7 Å². The number of aliphatic hydroxyl groups is 1. The Bertz CT molecular complexity index is 415. The van der Waals surface area contributed by atoms with Crippen molar-refractivity contribution in [3.05, 3.63) is 35.6 Å². The van der Waals surface area contributed by atoms with Gasteiger partial charge in [-0.15, -0.1) is 0 Å². The van der Waals surface area contributed by atoms with Crippen LogP contribution in [0.25, 0.3) is 0 Å². The summed E-state index contributed by atoms with van der Waals surface area (Å²) in [7, 11) is 0. The first-order valence-corrected chi connectivity index (χ1v) is 6.83. The highest BCUT2D eigenvalue weighted by Crippen LogP contribution is 2.33. The summed E-state index contributed by atoms with van der Waals surface area (Å²) in [5, 5.41) is 12.0. The Morgan fingerprint density at radius 3 is 2.63 bits per heavy atom. The van der Waals surface area contributed by atoms with Gasteiger partial charge in [0, 0.05) is 19.1 Å².